The number of hydrogen-bond acceptors (Lipinski definition) is 2. The summed E-state index contributed by atoms with van der Waals surface area (Å²) in [5.74, 6) is 0. The molecule has 0 saturated carbocycles. The van der Waals surface area contributed by atoms with Crippen molar-refractivity contribution in [2.45, 2.75) is 31.3 Å². The highest BCUT2D eigenvalue weighted by molar-refractivity contribution is 5.37. The smallest absolute Gasteiger partial charge is 0.0481 e. The molecule has 0 unspecified atom stereocenters. The molecule has 0 amide bonds. The third kappa shape index (κ3) is 1.57. The largest absolute Gasteiger partial charge is 0.312 e. The van der Waals surface area contributed by atoms with Crippen LogP contribution < -0.4 is 5.32 Å². The van der Waals surface area contributed by atoms with Crippen molar-refractivity contribution in [1.29, 1.82) is 0 Å². The standard InChI is InChI=1S/C14H20N2/c1-15-14-12-7-3-2-6-11(12)10-13(14)16-8-4-5-9-16/h2-3,6-7,13-15H,4-5,8-10H2,1H3/t13-,14-/m1/s1. The number of likely N-dealkylation sites (tertiary alicyclic amines) is 1. The van der Waals surface area contributed by atoms with Crippen molar-refractivity contribution in [3.05, 3.63) is 35.4 Å². The molecule has 1 aromatic rings. The lowest BCUT2D eigenvalue weighted by Gasteiger charge is -2.29. The molecule has 16 heavy (non-hydrogen) atoms. The summed E-state index contributed by atoms with van der Waals surface area (Å²) in [6.45, 7) is 2.58. The average Bonchev–Trinajstić information content (AvgIpc) is 2.95. The number of fused-ring (bicyclic) bond motifs is 1. The first-order valence-corrected chi connectivity index (χ1v) is 6.39. The van der Waals surface area contributed by atoms with Crippen LogP contribution in [0, 0.1) is 0 Å². The van der Waals surface area contributed by atoms with Crippen LogP contribution in [0.25, 0.3) is 0 Å². The zero-order valence-corrected chi connectivity index (χ0v) is 9.95. The molecule has 2 heteroatoms. The van der Waals surface area contributed by atoms with Crippen LogP contribution in [0.15, 0.2) is 24.3 Å². The topological polar surface area (TPSA) is 15.3 Å². The van der Waals surface area contributed by atoms with Gasteiger partial charge in [0.15, 0.2) is 0 Å². The molecule has 0 aromatic heterocycles. The van der Waals surface area contributed by atoms with Crippen LogP contribution in [0.5, 0.6) is 0 Å². The fraction of sp³-hybridized carbons (Fsp3) is 0.571. The Kier molecular flexibility index (Phi) is 2.70. The summed E-state index contributed by atoms with van der Waals surface area (Å²) >= 11 is 0. The second kappa shape index (κ2) is 4.19. The van der Waals surface area contributed by atoms with Crippen LogP contribution in [0.3, 0.4) is 0 Å². The molecule has 1 heterocycles. The minimum Gasteiger partial charge on any atom is -0.312 e. The van der Waals surface area contributed by atoms with E-state index < -0.39 is 0 Å². The van der Waals surface area contributed by atoms with Gasteiger partial charge in [0, 0.05) is 12.1 Å². The molecule has 2 aliphatic rings. The molecule has 0 spiro atoms. The van der Waals surface area contributed by atoms with Gasteiger partial charge in [-0.3, -0.25) is 4.90 Å². The highest BCUT2D eigenvalue weighted by Gasteiger charge is 2.35. The SMILES string of the molecule is CN[C@@H]1c2ccccc2C[C@H]1N1CCCC1. The van der Waals surface area contributed by atoms with Crippen LogP contribution >= 0.6 is 0 Å². The fourth-order valence-corrected chi connectivity index (χ4v) is 3.33. The van der Waals surface area contributed by atoms with Crippen LogP contribution in [0.1, 0.15) is 30.0 Å². The highest BCUT2D eigenvalue weighted by Crippen LogP contribution is 2.35. The highest BCUT2D eigenvalue weighted by atomic mass is 15.2. The number of rotatable bonds is 2. The normalized spacial score (nSPS) is 29.6. The summed E-state index contributed by atoms with van der Waals surface area (Å²) in [4.78, 5) is 2.67. The summed E-state index contributed by atoms with van der Waals surface area (Å²) in [6.07, 6.45) is 3.98. The first kappa shape index (κ1) is 10.3. The van der Waals surface area contributed by atoms with Gasteiger partial charge < -0.3 is 5.32 Å². The maximum absolute atomic E-state index is 3.51. The van der Waals surface area contributed by atoms with Gasteiger partial charge in [0.1, 0.15) is 0 Å². The van der Waals surface area contributed by atoms with Crippen molar-refractivity contribution in [1.82, 2.24) is 10.2 Å². The van der Waals surface area contributed by atoms with Crippen LogP contribution in [0.2, 0.25) is 0 Å². The Bertz CT molecular complexity index is 369. The van der Waals surface area contributed by atoms with Gasteiger partial charge in [0.25, 0.3) is 0 Å². The second-order valence-corrected chi connectivity index (χ2v) is 4.98. The average molecular weight is 216 g/mol. The Hall–Kier alpha value is -0.860. The Morgan fingerprint density at radius 3 is 2.69 bits per heavy atom. The minimum absolute atomic E-state index is 0.536. The van der Waals surface area contributed by atoms with Crippen molar-refractivity contribution < 1.29 is 0 Å². The van der Waals surface area contributed by atoms with Crippen molar-refractivity contribution in [2.75, 3.05) is 20.1 Å². The third-order valence-corrected chi connectivity index (χ3v) is 4.12. The van der Waals surface area contributed by atoms with Gasteiger partial charge in [-0.2, -0.15) is 0 Å². The molecule has 86 valence electrons. The third-order valence-electron chi connectivity index (χ3n) is 4.12. The van der Waals surface area contributed by atoms with E-state index in [0.29, 0.717) is 12.1 Å². The van der Waals surface area contributed by atoms with E-state index in [4.69, 9.17) is 0 Å². The van der Waals surface area contributed by atoms with Gasteiger partial charge in [-0.25, -0.2) is 0 Å². The van der Waals surface area contributed by atoms with Gasteiger partial charge in [-0.05, 0) is 50.5 Å². The molecule has 1 saturated heterocycles. The lowest BCUT2D eigenvalue weighted by atomic mass is 10.1. The van der Waals surface area contributed by atoms with Crippen molar-refractivity contribution in [2.24, 2.45) is 0 Å². The Morgan fingerprint density at radius 2 is 1.94 bits per heavy atom. The second-order valence-electron chi connectivity index (χ2n) is 4.98. The maximum atomic E-state index is 3.51. The Labute approximate surface area is 97.6 Å². The van der Waals surface area contributed by atoms with Gasteiger partial charge in [-0.1, -0.05) is 24.3 Å². The van der Waals surface area contributed by atoms with Crippen LogP contribution in [-0.2, 0) is 6.42 Å². The van der Waals surface area contributed by atoms with E-state index in [2.05, 4.69) is 41.5 Å². The van der Waals surface area contributed by atoms with E-state index >= 15 is 0 Å². The summed E-state index contributed by atoms with van der Waals surface area (Å²) in [6, 6.07) is 10.1. The minimum atomic E-state index is 0.536. The number of likely N-dealkylation sites (N-methyl/N-ethyl adjacent to an activating group) is 1. The number of hydrogen-bond donors (Lipinski definition) is 1. The van der Waals surface area contributed by atoms with E-state index in [9.17, 15) is 0 Å². The van der Waals surface area contributed by atoms with Crippen molar-refractivity contribution in [3.8, 4) is 0 Å². The van der Waals surface area contributed by atoms with E-state index in [-0.39, 0.29) is 0 Å². The molecule has 3 rings (SSSR count). The molecule has 1 aromatic carbocycles. The van der Waals surface area contributed by atoms with Crippen molar-refractivity contribution >= 4 is 0 Å². The lowest BCUT2D eigenvalue weighted by Crippen LogP contribution is -2.40. The molecular formula is C14H20N2. The molecular weight excluding hydrogens is 196 g/mol. The molecule has 1 N–H and O–H groups in total. The zero-order valence-electron chi connectivity index (χ0n) is 9.95. The monoisotopic (exact) mass is 216 g/mol. The summed E-state index contributed by atoms with van der Waals surface area (Å²) in [5.41, 5.74) is 3.06. The van der Waals surface area contributed by atoms with E-state index in [1.807, 2.05) is 0 Å². The zero-order chi connectivity index (χ0) is 11.0. The first-order valence-electron chi connectivity index (χ1n) is 6.39. The molecule has 0 bridgehead atoms. The first-order chi connectivity index (χ1) is 7.90. The van der Waals surface area contributed by atoms with Gasteiger partial charge in [0.05, 0.1) is 0 Å². The van der Waals surface area contributed by atoms with Crippen molar-refractivity contribution in [3.63, 3.8) is 0 Å². The maximum Gasteiger partial charge on any atom is 0.0481 e. The fourth-order valence-electron chi connectivity index (χ4n) is 3.33. The molecule has 1 fully saturated rings. The predicted molar refractivity (Wildman–Crippen MR) is 66.5 cm³/mol. The molecule has 1 aliphatic carbocycles. The van der Waals surface area contributed by atoms with E-state index in [0.717, 1.165) is 0 Å². The van der Waals surface area contributed by atoms with E-state index in [1.54, 1.807) is 5.56 Å². The van der Waals surface area contributed by atoms with Crippen LogP contribution in [0.4, 0.5) is 0 Å². The Morgan fingerprint density at radius 1 is 1.19 bits per heavy atom. The van der Waals surface area contributed by atoms with Crippen LogP contribution in [-0.4, -0.2) is 31.1 Å². The predicted octanol–water partition coefficient (Wildman–Crippen LogP) is 1.97. The summed E-state index contributed by atoms with van der Waals surface area (Å²) in [5, 5.41) is 3.51. The molecule has 2 atom stereocenters. The molecule has 0 radical (unpaired) electrons. The molecule has 1 aliphatic heterocycles. The number of nitrogens with one attached hydrogen (secondary N) is 1. The number of nitrogens with zero attached hydrogens (tertiary/aromatic N) is 1. The quantitative estimate of drug-likeness (QED) is 0.813. The Balaban J connectivity index is 1.88. The van der Waals surface area contributed by atoms with E-state index in [1.165, 1.54) is 37.9 Å². The number of benzene rings is 1. The summed E-state index contributed by atoms with van der Waals surface area (Å²) < 4.78 is 0. The van der Waals surface area contributed by atoms with Gasteiger partial charge in [0.2, 0.25) is 0 Å². The lowest BCUT2D eigenvalue weighted by molar-refractivity contribution is 0.208. The van der Waals surface area contributed by atoms with Gasteiger partial charge >= 0.3 is 0 Å². The van der Waals surface area contributed by atoms with Gasteiger partial charge in [-0.15, -0.1) is 0 Å². The summed E-state index contributed by atoms with van der Waals surface area (Å²) in [7, 11) is 2.09. The molecule has 2 nitrogen and oxygen atoms in total.